The number of hydrazine groups is 1. The van der Waals surface area contributed by atoms with Crippen LogP contribution < -0.4 is 10.9 Å². The summed E-state index contributed by atoms with van der Waals surface area (Å²) in [4.78, 5) is 7.11. The second kappa shape index (κ2) is 16.7. The summed E-state index contributed by atoms with van der Waals surface area (Å²) in [7, 11) is 0. The van der Waals surface area contributed by atoms with Crippen molar-refractivity contribution in [1.82, 2.24) is 31.1 Å². The molecule has 10 heteroatoms. The van der Waals surface area contributed by atoms with E-state index in [9.17, 15) is 0 Å². The van der Waals surface area contributed by atoms with E-state index in [0.717, 1.165) is 6.54 Å². The van der Waals surface area contributed by atoms with Gasteiger partial charge in [-0.2, -0.15) is 0 Å². The molecule has 5 heterocycles. The molecule has 0 amide bonds. The lowest BCUT2D eigenvalue weighted by Crippen LogP contribution is -2.19. The lowest BCUT2D eigenvalue weighted by atomic mass is 10.7. The molecule has 0 radical (unpaired) electrons. The summed E-state index contributed by atoms with van der Waals surface area (Å²) in [6.45, 7) is 0.958. The summed E-state index contributed by atoms with van der Waals surface area (Å²) in [5, 5.41) is 6.69. The van der Waals surface area contributed by atoms with Crippen molar-refractivity contribution in [2.24, 2.45) is 0 Å². The Hall–Kier alpha value is -3.66. The second-order valence-electron chi connectivity index (χ2n) is 3.66. The zero-order valence-electron chi connectivity index (χ0n) is 13.2. The third-order valence-corrected chi connectivity index (χ3v) is 1.91. The normalized spacial score (nSPS) is 10.2. The van der Waals surface area contributed by atoms with Crippen molar-refractivity contribution in [3.63, 3.8) is 0 Å². The van der Waals surface area contributed by atoms with E-state index in [1.165, 1.54) is 37.8 Å². The van der Waals surface area contributed by atoms with E-state index in [-0.39, 0.29) is 0 Å². The number of rotatable bonds is 0. The highest BCUT2D eigenvalue weighted by molar-refractivity contribution is 4.85. The lowest BCUT2D eigenvalue weighted by Gasteiger charge is -1.83. The standard InChI is InChI=1S/C3H6N2.4C3H3NO/c1-2-4-5-3-1;2*1-2-5-3-4-1;2*1-2-4-5-3-1/h1-2,4-5H,3H2;4*1-3H. The minimum absolute atomic E-state index is 0.958. The fourth-order valence-electron chi connectivity index (χ4n) is 0.997. The molecule has 132 valence electrons. The summed E-state index contributed by atoms with van der Waals surface area (Å²) >= 11 is 0. The van der Waals surface area contributed by atoms with Gasteiger partial charge >= 0.3 is 0 Å². The van der Waals surface area contributed by atoms with Crippen LogP contribution in [0.15, 0.2) is 105 Å². The number of hydrogen-bond donors (Lipinski definition) is 2. The highest BCUT2D eigenvalue weighted by Gasteiger charge is 1.78. The molecule has 1 aliphatic rings. The Bertz CT molecular complexity index is 471. The molecular formula is C15H18N6O4. The van der Waals surface area contributed by atoms with Gasteiger partial charge in [-0.3, -0.25) is 0 Å². The summed E-state index contributed by atoms with van der Waals surface area (Å²) < 4.78 is 17.6. The molecule has 1 aliphatic heterocycles. The second-order valence-corrected chi connectivity index (χ2v) is 3.66. The third-order valence-electron chi connectivity index (χ3n) is 1.91. The lowest BCUT2D eigenvalue weighted by molar-refractivity contribution is 0.419. The predicted molar refractivity (Wildman–Crippen MR) is 86.3 cm³/mol. The van der Waals surface area contributed by atoms with E-state index in [1.807, 2.05) is 12.3 Å². The van der Waals surface area contributed by atoms with Crippen LogP contribution in [0.1, 0.15) is 0 Å². The maximum absolute atomic E-state index is 4.47. The van der Waals surface area contributed by atoms with Crippen LogP contribution in [0.2, 0.25) is 0 Å². The Morgan fingerprint density at radius 2 is 1.32 bits per heavy atom. The van der Waals surface area contributed by atoms with Gasteiger partial charge in [-0.05, 0) is 12.1 Å². The van der Waals surface area contributed by atoms with E-state index in [4.69, 9.17) is 0 Å². The number of aromatic nitrogens is 4. The van der Waals surface area contributed by atoms with Crippen molar-refractivity contribution in [3.8, 4) is 0 Å². The third kappa shape index (κ3) is 15.0. The molecule has 0 unspecified atom stereocenters. The van der Waals surface area contributed by atoms with Crippen LogP contribution in [0, 0.1) is 0 Å². The average molecular weight is 346 g/mol. The molecular weight excluding hydrogens is 328 g/mol. The van der Waals surface area contributed by atoms with Crippen molar-refractivity contribution in [3.05, 3.63) is 87.0 Å². The Morgan fingerprint density at radius 3 is 1.44 bits per heavy atom. The molecule has 25 heavy (non-hydrogen) atoms. The van der Waals surface area contributed by atoms with Crippen LogP contribution in [0.3, 0.4) is 0 Å². The van der Waals surface area contributed by atoms with Gasteiger partial charge in [0.25, 0.3) is 0 Å². The first-order valence-electron chi connectivity index (χ1n) is 6.96. The Balaban J connectivity index is 0.000000156. The van der Waals surface area contributed by atoms with E-state index in [0.29, 0.717) is 0 Å². The largest absolute Gasteiger partial charge is 0.452 e. The van der Waals surface area contributed by atoms with Crippen molar-refractivity contribution in [2.75, 3.05) is 6.54 Å². The van der Waals surface area contributed by atoms with Gasteiger partial charge in [-0.25, -0.2) is 15.4 Å². The average Bonchev–Trinajstić information content (AvgIpc) is 3.55. The molecule has 10 nitrogen and oxygen atoms in total. The molecule has 0 bridgehead atoms. The minimum Gasteiger partial charge on any atom is -0.452 e. The Kier molecular flexibility index (Phi) is 13.0. The van der Waals surface area contributed by atoms with Crippen LogP contribution in [0.5, 0.6) is 0 Å². The molecule has 0 aliphatic carbocycles. The number of nitrogens with one attached hydrogen (secondary N) is 2. The Morgan fingerprint density at radius 1 is 0.720 bits per heavy atom. The number of nitrogens with zero attached hydrogens (tertiary/aromatic N) is 4. The van der Waals surface area contributed by atoms with Gasteiger partial charge in [0.15, 0.2) is 12.8 Å². The zero-order valence-corrected chi connectivity index (χ0v) is 13.2. The van der Waals surface area contributed by atoms with Crippen molar-refractivity contribution >= 4 is 0 Å². The molecule has 0 spiro atoms. The maximum atomic E-state index is 4.47. The minimum atomic E-state index is 0.958. The summed E-state index contributed by atoms with van der Waals surface area (Å²) in [5.41, 5.74) is 5.65. The first kappa shape index (κ1) is 19.4. The topological polar surface area (TPSA) is 128 Å². The number of hydrogen-bond acceptors (Lipinski definition) is 10. The van der Waals surface area contributed by atoms with Crippen LogP contribution in [0.4, 0.5) is 0 Å². The van der Waals surface area contributed by atoms with Gasteiger partial charge in [0.1, 0.15) is 25.1 Å². The van der Waals surface area contributed by atoms with Gasteiger partial charge < -0.3 is 23.3 Å². The van der Waals surface area contributed by atoms with E-state index < -0.39 is 0 Å². The SMILES string of the molecule is C1=CNNC1.c1cnoc1.c1cnoc1.c1cocn1.c1cocn1. The van der Waals surface area contributed by atoms with Crippen LogP contribution in [0.25, 0.3) is 0 Å². The molecule has 0 saturated carbocycles. The summed E-state index contributed by atoms with van der Waals surface area (Å²) in [5.74, 6) is 0. The maximum Gasteiger partial charge on any atom is 0.180 e. The first-order valence-corrected chi connectivity index (χ1v) is 6.96. The summed E-state index contributed by atoms with van der Waals surface area (Å²) in [6.07, 6.45) is 19.0. The quantitative estimate of drug-likeness (QED) is 0.489. The van der Waals surface area contributed by atoms with Gasteiger partial charge in [0, 0.05) is 12.7 Å². The molecule has 0 atom stereocenters. The fraction of sp³-hybridized carbons (Fsp3) is 0.0667. The molecule has 5 rings (SSSR count). The smallest absolute Gasteiger partial charge is 0.180 e. The number of oxazole rings is 2. The van der Waals surface area contributed by atoms with Crippen LogP contribution in [-0.4, -0.2) is 26.8 Å². The van der Waals surface area contributed by atoms with Gasteiger partial charge in [-0.1, -0.05) is 16.4 Å². The fourth-order valence-corrected chi connectivity index (χ4v) is 0.997. The molecule has 0 aromatic carbocycles. The predicted octanol–water partition coefficient (Wildman–Crippen LogP) is 2.31. The van der Waals surface area contributed by atoms with Gasteiger partial charge in [-0.15, -0.1) is 0 Å². The van der Waals surface area contributed by atoms with Gasteiger partial charge in [0.2, 0.25) is 0 Å². The zero-order chi connectivity index (χ0) is 17.7. The van der Waals surface area contributed by atoms with E-state index >= 15 is 0 Å². The van der Waals surface area contributed by atoms with E-state index in [2.05, 4.69) is 49.0 Å². The van der Waals surface area contributed by atoms with Crippen molar-refractivity contribution in [2.45, 2.75) is 0 Å². The van der Waals surface area contributed by atoms with Crippen LogP contribution >= 0.6 is 0 Å². The highest BCUT2D eigenvalue weighted by atomic mass is 16.5. The monoisotopic (exact) mass is 346 g/mol. The van der Waals surface area contributed by atoms with Gasteiger partial charge in [0.05, 0.1) is 24.8 Å². The summed E-state index contributed by atoms with van der Waals surface area (Å²) in [6, 6.07) is 3.44. The van der Waals surface area contributed by atoms with Crippen molar-refractivity contribution in [1.29, 1.82) is 0 Å². The highest BCUT2D eigenvalue weighted by Crippen LogP contribution is 1.73. The molecule has 4 aromatic heterocycles. The first-order chi connectivity index (χ1) is 12.5. The van der Waals surface area contributed by atoms with E-state index in [1.54, 1.807) is 36.9 Å². The molecule has 2 N–H and O–H groups in total. The van der Waals surface area contributed by atoms with Crippen molar-refractivity contribution < 1.29 is 17.9 Å². The van der Waals surface area contributed by atoms with Crippen LogP contribution in [-0.2, 0) is 0 Å². The Labute approximate surface area is 143 Å². The molecule has 0 saturated heterocycles. The molecule has 4 aromatic rings. The molecule has 0 fully saturated rings.